The summed E-state index contributed by atoms with van der Waals surface area (Å²) in [7, 11) is 1.50. The Kier molecular flexibility index (Phi) is 6.92. The van der Waals surface area contributed by atoms with Gasteiger partial charge in [0.25, 0.3) is 5.91 Å². The maximum Gasteiger partial charge on any atom is 0.254 e. The third-order valence-corrected chi connectivity index (χ3v) is 2.60. The maximum absolute atomic E-state index is 13.6. The van der Waals surface area contributed by atoms with E-state index in [0.717, 1.165) is 6.07 Å². The average molecular weight is 292 g/mol. The van der Waals surface area contributed by atoms with Crippen LogP contribution in [0.4, 0.5) is 4.39 Å². The number of carbonyl (C=O) groups excluding carboxylic acids is 2. The van der Waals surface area contributed by atoms with E-state index in [2.05, 4.69) is 22.5 Å². The second-order valence-electron chi connectivity index (χ2n) is 4.15. The van der Waals surface area contributed by atoms with Crippen LogP contribution in [0.2, 0.25) is 0 Å². The molecule has 0 aliphatic heterocycles. The molecule has 1 aromatic rings. The summed E-state index contributed by atoms with van der Waals surface area (Å²) in [4.78, 5) is 22.9. The molecule has 0 saturated carbocycles. The van der Waals surface area contributed by atoms with E-state index < -0.39 is 11.7 Å². The van der Waals surface area contributed by atoms with Crippen LogP contribution in [0.5, 0.6) is 0 Å². The molecule has 0 radical (unpaired) electrons. The summed E-state index contributed by atoms with van der Waals surface area (Å²) in [6.07, 6.45) is 0.435. The van der Waals surface area contributed by atoms with E-state index >= 15 is 0 Å². The van der Waals surface area contributed by atoms with Crippen molar-refractivity contribution >= 4 is 11.8 Å². The van der Waals surface area contributed by atoms with E-state index in [0.29, 0.717) is 12.0 Å². The molecule has 112 valence electrons. The van der Waals surface area contributed by atoms with Gasteiger partial charge in [-0.1, -0.05) is 11.8 Å². The molecule has 6 heteroatoms. The minimum absolute atomic E-state index is 0.0545. The van der Waals surface area contributed by atoms with Crippen LogP contribution in [-0.2, 0) is 4.79 Å². The Hall–Kier alpha value is -2.39. The summed E-state index contributed by atoms with van der Waals surface area (Å²) >= 11 is 0. The summed E-state index contributed by atoms with van der Waals surface area (Å²) in [6.45, 7) is 0.0688. The number of rotatable bonds is 5. The summed E-state index contributed by atoms with van der Waals surface area (Å²) in [6, 6.07) is 3.96. The molecule has 1 aromatic carbocycles. The molecule has 21 heavy (non-hydrogen) atoms. The third kappa shape index (κ3) is 5.63. The predicted octanol–water partition coefficient (Wildman–Crippen LogP) is 0.425. The first kappa shape index (κ1) is 16.7. The zero-order valence-electron chi connectivity index (χ0n) is 11.7. The summed E-state index contributed by atoms with van der Waals surface area (Å²) < 4.78 is 13.6. The van der Waals surface area contributed by atoms with Gasteiger partial charge < -0.3 is 15.7 Å². The van der Waals surface area contributed by atoms with Gasteiger partial charge in [0.05, 0.1) is 12.2 Å². The normalized spacial score (nSPS) is 9.48. The van der Waals surface area contributed by atoms with Crippen molar-refractivity contribution in [3.05, 3.63) is 35.1 Å². The first-order chi connectivity index (χ1) is 10.1. The van der Waals surface area contributed by atoms with Crippen molar-refractivity contribution in [3.8, 4) is 11.8 Å². The van der Waals surface area contributed by atoms with Crippen LogP contribution in [0.15, 0.2) is 18.2 Å². The molecule has 0 aliphatic carbocycles. The molecular formula is C15H17FN2O3. The van der Waals surface area contributed by atoms with Gasteiger partial charge in [-0.3, -0.25) is 9.59 Å². The largest absolute Gasteiger partial charge is 0.395 e. The molecule has 0 heterocycles. The number of hydrogen-bond acceptors (Lipinski definition) is 3. The Morgan fingerprint density at radius 2 is 2.14 bits per heavy atom. The Morgan fingerprint density at radius 1 is 1.38 bits per heavy atom. The van der Waals surface area contributed by atoms with Crippen LogP contribution >= 0.6 is 0 Å². The van der Waals surface area contributed by atoms with Crippen LogP contribution < -0.4 is 10.6 Å². The van der Waals surface area contributed by atoms with E-state index in [-0.39, 0.29) is 31.0 Å². The standard InChI is InChI=1S/C15H17FN2O3/c1-17-14(20)7-8-18-15(21)12-10-11(4-2-3-9-19)5-6-13(12)16/h5-6,10,19H,3,7-9H2,1H3,(H,17,20)(H,18,21). The molecule has 3 N–H and O–H groups in total. The van der Waals surface area contributed by atoms with E-state index in [1.165, 1.54) is 19.2 Å². The van der Waals surface area contributed by atoms with Gasteiger partial charge in [0.2, 0.25) is 5.91 Å². The number of aliphatic hydroxyl groups excluding tert-OH is 1. The SMILES string of the molecule is CNC(=O)CCNC(=O)c1cc(C#CCCO)ccc1F. The minimum atomic E-state index is -0.653. The molecule has 0 aliphatic rings. The van der Waals surface area contributed by atoms with Crippen LogP contribution in [0.25, 0.3) is 0 Å². The fourth-order valence-electron chi connectivity index (χ4n) is 1.51. The summed E-state index contributed by atoms with van der Waals surface area (Å²) in [5.74, 6) is 3.97. The minimum Gasteiger partial charge on any atom is -0.395 e. The molecule has 0 atom stereocenters. The number of nitrogens with one attached hydrogen (secondary N) is 2. The van der Waals surface area contributed by atoms with Crippen molar-refractivity contribution in [3.63, 3.8) is 0 Å². The summed E-state index contributed by atoms with van der Waals surface area (Å²) in [5.41, 5.74) is 0.365. The number of benzene rings is 1. The van der Waals surface area contributed by atoms with E-state index in [4.69, 9.17) is 5.11 Å². The molecular weight excluding hydrogens is 275 g/mol. The fourth-order valence-corrected chi connectivity index (χ4v) is 1.51. The Morgan fingerprint density at radius 3 is 2.81 bits per heavy atom. The van der Waals surface area contributed by atoms with Gasteiger partial charge in [-0.2, -0.15) is 0 Å². The highest BCUT2D eigenvalue weighted by atomic mass is 19.1. The van der Waals surface area contributed by atoms with Crippen LogP contribution in [0.3, 0.4) is 0 Å². The van der Waals surface area contributed by atoms with Gasteiger partial charge in [-0.25, -0.2) is 4.39 Å². The lowest BCUT2D eigenvalue weighted by Crippen LogP contribution is -2.29. The van der Waals surface area contributed by atoms with Crippen molar-refractivity contribution in [2.24, 2.45) is 0 Å². The molecule has 0 fully saturated rings. The monoisotopic (exact) mass is 292 g/mol. The number of carbonyl (C=O) groups is 2. The number of amides is 2. The van der Waals surface area contributed by atoms with Gasteiger partial charge in [-0.05, 0) is 18.2 Å². The Labute approximate surface area is 122 Å². The van der Waals surface area contributed by atoms with Crippen molar-refractivity contribution in [1.29, 1.82) is 0 Å². The topological polar surface area (TPSA) is 78.4 Å². The molecule has 1 rings (SSSR count). The highest BCUT2D eigenvalue weighted by Crippen LogP contribution is 2.10. The van der Waals surface area contributed by atoms with Crippen molar-refractivity contribution in [2.75, 3.05) is 20.2 Å². The average Bonchev–Trinajstić information content (AvgIpc) is 2.48. The van der Waals surface area contributed by atoms with Gasteiger partial charge in [0.15, 0.2) is 0 Å². The number of halogens is 1. The fraction of sp³-hybridized carbons (Fsp3) is 0.333. The van der Waals surface area contributed by atoms with E-state index in [1.807, 2.05) is 0 Å². The molecule has 0 aromatic heterocycles. The molecule has 0 unspecified atom stereocenters. The summed E-state index contributed by atoms with van der Waals surface area (Å²) in [5, 5.41) is 13.5. The van der Waals surface area contributed by atoms with E-state index in [1.54, 1.807) is 0 Å². The molecule has 0 spiro atoms. The lowest BCUT2D eigenvalue weighted by atomic mass is 10.1. The van der Waals surface area contributed by atoms with Gasteiger partial charge in [-0.15, -0.1) is 0 Å². The third-order valence-electron chi connectivity index (χ3n) is 2.60. The maximum atomic E-state index is 13.6. The number of hydrogen-bond donors (Lipinski definition) is 3. The Balaban J connectivity index is 2.72. The van der Waals surface area contributed by atoms with Gasteiger partial charge >= 0.3 is 0 Å². The smallest absolute Gasteiger partial charge is 0.254 e. The van der Waals surface area contributed by atoms with Gasteiger partial charge in [0, 0.05) is 32.0 Å². The second kappa shape index (κ2) is 8.72. The molecule has 2 amide bonds. The number of aliphatic hydroxyl groups is 1. The van der Waals surface area contributed by atoms with Gasteiger partial charge in [0.1, 0.15) is 5.82 Å². The van der Waals surface area contributed by atoms with E-state index in [9.17, 15) is 14.0 Å². The predicted molar refractivity (Wildman–Crippen MR) is 76.0 cm³/mol. The lowest BCUT2D eigenvalue weighted by molar-refractivity contribution is -0.120. The van der Waals surface area contributed by atoms with Crippen molar-refractivity contribution < 1.29 is 19.1 Å². The zero-order valence-corrected chi connectivity index (χ0v) is 11.7. The van der Waals surface area contributed by atoms with Crippen LogP contribution in [0, 0.1) is 17.7 Å². The first-order valence-electron chi connectivity index (χ1n) is 6.46. The highest BCUT2D eigenvalue weighted by molar-refractivity contribution is 5.95. The highest BCUT2D eigenvalue weighted by Gasteiger charge is 2.12. The van der Waals surface area contributed by atoms with Crippen LogP contribution in [0.1, 0.15) is 28.8 Å². The van der Waals surface area contributed by atoms with Crippen LogP contribution in [-0.4, -0.2) is 37.1 Å². The molecule has 0 bridgehead atoms. The van der Waals surface area contributed by atoms with Crippen molar-refractivity contribution in [2.45, 2.75) is 12.8 Å². The first-order valence-corrected chi connectivity index (χ1v) is 6.46. The second-order valence-corrected chi connectivity index (χ2v) is 4.15. The lowest BCUT2D eigenvalue weighted by Gasteiger charge is -2.06. The zero-order chi connectivity index (χ0) is 15.7. The molecule has 0 saturated heterocycles. The quantitative estimate of drug-likeness (QED) is 0.689. The molecule has 5 nitrogen and oxygen atoms in total. The Bertz CT molecular complexity index is 576. The van der Waals surface area contributed by atoms with Crippen molar-refractivity contribution in [1.82, 2.24) is 10.6 Å².